The van der Waals surface area contributed by atoms with Gasteiger partial charge in [0.2, 0.25) is 11.8 Å². The van der Waals surface area contributed by atoms with E-state index in [1.165, 1.54) is 0 Å². The van der Waals surface area contributed by atoms with E-state index < -0.39 is 6.10 Å². The summed E-state index contributed by atoms with van der Waals surface area (Å²) in [6, 6.07) is -0.101. The Kier molecular flexibility index (Phi) is 4.30. The van der Waals surface area contributed by atoms with Crippen molar-refractivity contribution < 1.29 is 14.4 Å². The molecule has 1 aliphatic carbocycles. The molecule has 6 nitrogen and oxygen atoms in total. The number of rotatable bonds is 4. The lowest BCUT2D eigenvalue weighted by Gasteiger charge is -2.28. The molecule has 0 radical (unpaired) electrons. The quantitative estimate of drug-likeness (QED) is 0.825. The van der Waals surface area contributed by atoms with Crippen LogP contribution in [0.1, 0.15) is 43.8 Å². The summed E-state index contributed by atoms with van der Waals surface area (Å²) < 4.78 is 4.94. The molecule has 1 aliphatic rings. The van der Waals surface area contributed by atoms with E-state index in [2.05, 4.69) is 15.5 Å². The maximum atomic E-state index is 11.7. The molecular weight excluding hydrogens is 234 g/mol. The number of amides is 1. The van der Waals surface area contributed by atoms with Crippen molar-refractivity contribution in [1.82, 2.24) is 15.5 Å². The molecule has 1 heterocycles. The van der Waals surface area contributed by atoms with Crippen molar-refractivity contribution in [2.75, 3.05) is 0 Å². The predicted molar refractivity (Wildman–Crippen MR) is 63.8 cm³/mol. The number of aromatic nitrogens is 2. The fraction of sp³-hybridized carbons (Fsp3) is 0.750. The molecule has 1 aromatic heterocycles. The summed E-state index contributed by atoms with van der Waals surface area (Å²) in [5, 5.41) is 16.3. The number of nitrogens with one attached hydrogen (secondary N) is 1. The van der Waals surface area contributed by atoms with E-state index in [0.717, 1.165) is 25.7 Å². The second-order valence-electron chi connectivity index (χ2n) is 4.76. The van der Waals surface area contributed by atoms with Crippen LogP contribution in [0.2, 0.25) is 0 Å². The Morgan fingerprint density at radius 3 is 2.94 bits per heavy atom. The van der Waals surface area contributed by atoms with Crippen LogP contribution >= 0.6 is 0 Å². The van der Waals surface area contributed by atoms with Crippen LogP contribution in [0.5, 0.6) is 0 Å². The Hall–Kier alpha value is -1.43. The molecule has 100 valence electrons. The van der Waals surface area contributed by atoms with Gasteiger partial charge in [-0.2, -0.15) is 4.98 Å². The molecule has 0 saturated heterocycles. The van der Waals surface area contributed by atoms with Crippen molar-refractivity contribution in [3.63, 3.8) is 0 Å². The van der Waals surface area contributed by atoms with Crippen molar-refractivity contribution in [3.05, 3.63) is 11.7 Å². The molecule has 2 atom stereocenters. The van der Waals surface area contributed by atoms with Gasteiger partial charge in [-0.05, 0) is 19.8 Å². The summed E-state index contributed by atoms with van der Waals surface area (Å²) in [5.41, 5.74) is 0. The molecule has 2 rings (SSSR count). The van der Waals surface area contributed by atoms with E-state index in [1.807, 2.05) is 0 Å². The van der Waals surface area contributed by atoms with E-state index >= 15 is 0 Å². The van der Waals surface area contributed by atoms with E-state index in [0.29, 0.717) is 24.6 Å². The summed E-state index contributed by atoms with van der Waals surface area (Å²) >= 11 is 0. The van der Waals surface area contributed by atoms with Crippen molar-refractivity contribution in [2.45, 2.75) is 57.6 Å². The van der Waals surface area contributed by atoms with Crippen molar-refractivity contribution in [2.24, 2.45) is 0 Å². The molecule has 1 fully saturated rings. The molecule has 0 spiro atoms. The molecule has 0 aliphatic heterocycles. The first-order valence-corrected chi connectivity index (χ1v) is 6.42. The molecule has 2 N–H and O–H groups in total. The van der Waals surface area contributed by atoms with Crippen LogP contribution in [0.15, 0.2) is 4.52 Å². The molecule has 0 bridgehead atoms. The predicted octanol–water partition coefficient (Wildman–Crippen LogP) is 0.730. The normalized spacial score (nSPS) is 23.9. The molecule has 18 heavy (non-hydrogen) atoms. The number of aliphatic hydroxyl groups excluding tert-OH is 1. The SMILES string of the molecule is Cc1noc(CCC(=O)N[C@@H]2CCCC[C@H]2O)n1. The molecule has 1 aromatic rings. The van der Waals surface area contributed by atoms with E-state index in [-0.39, 0.29) is 11.9 Å². The van der Waals surface area contributed by atoms with Gasteiger partial charge in [0, 0.05) is 12.8 Å². The van der Waals surface area contributed by atoms with Gasteiger partial charge in [-0.1, -0.05) is 18.0 Å². The number of hydrogen-bond donors (Lipinski definition) is 2. The highest BCUT2D eigenvalue weighted by Gasteiger charge is 2.24. The summed E-state index contributed by atoms with van der Waals surface area (Å²) in [7, 11) is 0. The Morgan fingerprint density at radius 1 is 1.50 bits per heavy atom. The van der Waals surface area contributed by atoms with Gasteiger partial charge in [0.15, 0.2) is 5.82 Å². The first-order valence-electron chi connectivity index (χ1n) is 6.42. The largest absolute Gasteiger partial charge is 0.391 e. The number of hydrogen-bond acceptors (Lipinski definition) is 5. The van der Waals surface area contributed by atoms with Gasteiger partial charge in [0.1, 0.15) is 0 Å². The summed E-state index contributed by atoms with van der Waals surface area (Å²) in [4.78, 5) is 15.8. The van der Waals surface area contributed by atoms with Gasteiger partial charge >= 0.3 is 0 Å². The van der Waals surface area contributed by atoms with Crippen LogP contribution in [0.25, 0.3) is 0 Å². The topological polar surface area (TPSA) is 88.2 Å². The minimum Gasteiger partial charge on any atom is -0.391 e. The highest BCUT2D eigenvalue weighted by Crippen LogP contribution is 2.18. The summed E-state index contributed by atoms with van der Waals surface area (Å²) in [5.74, 6) is 0.983. The average Bonchev–Trinajstić information content (AvgIpc) is 2.76. The van der Waals surface area contributed by atoms with Gasteiger partial charge in [-0.25, -0.2) is 0 Å². The van der Waals surface area contributed by atoms with Gasteiger partial charge in [-0.15, -0.1) is 0 Å². The maximum Gasteiger partial charge on any atom is 0.227 e. The summed E-state index contributed by atoms with van der Waals surface area (Å²) in [6.45, 7) is 1.74. The van der Waals surface area contributed by atoms with E-state index in [4.69, 9.17) is 4.52 Å². The Labute approximate surface area is 106 Å². The zero-order valence-electron chi connectivity index (χ0n) is 10.6. The van der Waals surface area contributed by atoms with Gasteiger partial charge in [-0.3, -0.25) is 4.79 Å². The minimum atomic E-state index is -0.409. The van der Waals surface area contributed by atoms with Crippen LogP contribution in [-0.4, -0.2) is 33.3 Å². The first-order chi connectivity index (χ1) is 8.65. The highest BCUT2D eigenvalue weighted by molar-refractivity contribution is 5.76. The number of carbonyl (C=O) groups excluding carboxylic acids is 1. The average molecular weight is 253 g/mol. The minimum absolute atomic E-state index is 0.0724. The van der Waals surface area contributed by atoms with Crippen LogP contribution in [-0.2, 0) is 11.2 Å². The number of nitrogens with zero attached hydrogens (tertiary/aromatic N) is 2. The fourth-order valence-corrected chi connectivity index (χ4v) is 2.22. The molecule has 1 saturated carbocycles. The maximum absolute atomic E-state index is 11.7. The Balaban J connectivity index is 1.74. The molecular formula is C12H19N3O3. The number of carbonyl (C=O) groups is 1. The van der Waals surface area contributed by atoms with Gasteiger partial charge in [0.05, 0.1) is 12.1 Å². The van der Waals surface area contributed by atoms with E-state index in [1.54, 1.807) is 6.92 Å². The highest BCUT2D eigenvalue weighted by atomic mass is 16.5. The number of aryl methyl sites for hydroxylation is 2. The third kappa shape index (κ3) is 3.53. The van der Waals surface area contributed by atoms with E-state index in [9.17, 15) is 9.90 Å². The second-order valence-corrected chi connectivity index (χ2v) is 4.76. The molecule has 0 unspecified atom stereocenters. The smallest absolute Gasteiger partial charge is 0.227 e. The lowest BCUT2D eigenvalue weighted by molar-refractivity contribution is -0.123. The third-order valence-electron chi connectivity index (χ3n) is 3.21. The Bertz CT molecular complexity index is 405. The summed E-state index contributed by atoms with van der Waals surface area (Å²) in [6.07, 6.45) is 4.06. The molecule has 1 amide bonds. The van der Waals surface area contributed by atoms with Gasteiger partial charge in [0.25, 0.3) is 0 Å². The zero-order valence-corrected chi connectivity index (χ0v) is 10.6. The monoisotopic (exact) mass is 253 g/mol. The lowest BCUT2D eigenvalue weighted by Crippen LogP contribution is -2.45. The first kappa shape index (κ1) is 13.0. The van der Waals surface area contributed by atoms with Crippen LogP contribution < -0.4 is 5.32 Å². The Morgan fingerprint density at radius 2 is 2.28 bits per heavy atom. The molecule has 6 heteroatoms. The van der Waals surface area contributed by atoms with Crippen molar-refractivity contribution in [1.29, 1.82) is 0 Å². The fourth-order valence-electron chi connectivity index (χ4n) is 2.22. The van der Waals surface area contributed by atoms with Crippen molar-refractivity contribution in [3.8, 4) is 0 Å². The zero-order chi connectivity index (χ0) is 13.0. The molecule has 0 aromatic carbocycles. The number of aliphatic hydroxyl groups is 1. The van der Waals surface area contributed by atoms with Crippen LogP contribution in [0.4, 0.5) is 0 Å². The second kappa shape index (κ2) is 5.95. The van der Waals surface area contributed by atoms with Gasteiger partial charge < -0.3 is 14.9 Å². The third-order valence-corrected chi connectivity index (χ3v) is 3.21. The van der Waals surface area contributed by atoms with Crippen LogP contribution in [0.3, 0.4) is 0 Å². The van der Waals surface area contributed by atoms with Crippen molar-refractivity contribution >= 4 is 5.91 Å². The standard InChI is InChI=1S/C12H19N3O3/c1-8-13-12(18-15-8)7-6-11(17)14-9-4-2-3-5-10(9)16/h9-10,16H,2-7H2,1H3,(H,14,17)/t9-,10-/m1/s1. The lowest BCUT2D eigenvalue weighted by atomic mass is 9.92. The van der Waals surface area contributed by atoms with Crippen LogP contribution in [0, 0.1) is 6.92 Å².